The second-order valence-electron chi connectivity index (χ2n) is 6.04. The Kier molecular flexibility index (Phi) is 3.37. The SMILES string of the molecule is CN(CCn1cnc2ccccc21)C(=O)c1n[nH]c2c1CCC2. The number of likely N-dealkylation sites (N-methyl/N-ethyl adjacent to an activating group) is 1. The zero-order chi connectivity index (χ0) is 15.8. The highest BCUT2D eigenvalue weighted by atomic mass is 16.2. The van der Waals surface area contributed by atoms with Gasteiger partial charge in [0, 0.05) is 31.4 Å². The number of fused-ring (bicyclic) bond motifs is 2. The molecule has 1 aromatic carbocycles. The number of nitrogens with one attached hydrogen (secondary N) is 1. The smallest absolute Gasteiger partial charge is 0.274 e. The van der Waals surface area contributed by atoms with E-state index in [1.807, 2.05) is 37.6 Å². The number of hydrogen-bond acceptors (Lipinski definition) is 3. The number of aromatic amines is 1. The lowest BCUT2D eigenvalue weighted by Gasteiger charge is -2.17. The average molecular weight is 309 g/mol. The number of aryl methyl sites for hydroxylation is 1. The fraction of sp³-hybridized carbons (Fsp3) is 0.353. The van der Waals surface area contributed by atoms with Crippen LogP contribution in [0.2, 0.25) is 0 Å². The monoisotopic (exact) mass is 309 g/mol. The third kappa shape index (κ3) is 2.40. The summed E-state index contributed by atoms with van der Waals surface area (Å²) in [4.78, 5) is 18.7. The summed E-state index contributed by atoms with van der Waals surface area (Å²) in [5.41, 5.74) is 4.90. The molecule has 3 aromatic rings. The number of nitrogens with zero attached hydrogens (tertiary/aromatic N) is 4. The van der Waals surface area contributed by atoms with Crippen molar-refractivity contribution in [1.29, 1.82) is 0 Å². The summed E-state index contributed by atoms with van der Waals surface area (Å²) in [5, 5.41) is 7.22. The van der Waals surface area contributed by atoms with E-state index in [9.17, 15) is 4.79 Å². The zero-order valence-corrected chi connectivity index (χ0v) is 13.1. The molecular formula is C17H19N5O. The number of benzene rings is 1. The molecule has 0 fully saturated rings. The molecule has 0 unspecified atom stereocenters. The van der Waals surface area contributed by atoms with E-state index in [0.29, 0.717) is 12.2 Å². The highest BCUT2D eigenvalue weighted by Gasteiger charge is 2.24. The van der Waals surface area contributed by atoms with Gasteiger partial charge in [-0.1, -0.05) is 12.1 Å². The lowest BCUT2D eigenvalue weighted by molar-refractivity contribution is 0.0784. The van der Waals surface area contributed by atoms with E-state index in [2.05, 4.69) is 19.7 Å². The number of imidazole rings is 1. The Balaban J connectivity index is 1.47. The van der Waals surface area contributed by atoms with Crippen molar-refractivity contribution < 1.29 is 4.79 Å². The molecule has 1 amide bonds. The van der Waals surface area contributed by atoms with Crippen molar-refractivity contribution in [3.05, 3.63) is 47.5 Å². The summed E-state index contributed by atoms with van der Waals surface area (Å²) in [6, 6.07) is 8.02. The van der Waals surface area contributed by atoms with E-state index < -0.39 is 0 Å². The van der Waals surface area contributed by atoms with Crippen molar-refractivity contribution in [3.63, 3.8) is 0 Å². The number of amides is 1. The van der Waals surface area contributed by atoms with Gasteiger partial charge >= 0.3 is 0 Å². The third-order valence-electron chi connectivity index (χ3n) is 4.56. The number of carbonyl (C=O) groups is 1. The van der Waals surface area contributed by atoms with Gasteiger partial charge in [-0.3, -0.25) is 9.89 Å². The standard InChI is InChI=1S/C17H19N5O/c1-21(17(23)16-12-5-4-7-13(12)19-20-16)9-10-22-11-18-14-6-2-3-8-15(14)22/h2-3,6,8,11H,4-5,7,9-10H2,1H3,(H,19,20). The van der Waals surface area contributed by atoms with Crippen LogP contribution in [0.15, 0.2) is 30.6 Å². The topological polar surface area (TPSA) is 66.8 Å². The molecule has 1 aliphatic carbocycles. The maximum atomic E-state index is 12.6. The van der Waals surface area contributed by atoms with E-state index in [1.165, 1.54) is 0 Å². The molecule has 23 heavy (non-hydrogen) atoms. The second-order valence-corrected chi connectivity index (χ2v) is 6.04. The molecule has 2 aromatic heterocycles. The molecule has 0 bridgehead atoms. The Morgan fingerprint density at radius 2 is 2.22 bits per heavy atom. The number of para-hydroxylation sites is 2. The third-order valence-corrected chi connectivity index (χ3v) is 4.56. The minimum absolute atomic E-state index is 0.00572. The normalized spacial score (nSPS) is 13.4. The van der Waals surface area contributed by atoms with Gasteiger partial charge in [-0.2, -0.15) is 5.10 Å². The fourth-order valence-electron chi connectivity index (χ4n) is 3.22. The Morgan fingerprint density at radius 1 is 1.35 bits per heavy atom. The molecule has 4 rings (SSSR count). The molecular weight excluding hydrogens is 290 g/mol. The highest BCUT2D eigenvalue weighted by Crippen LogP contribution is 2.23. The molecule has 0 saturated carbocycles. The van der Waals surface area contributed by atoms with Gasteiger partial charge in [-0.25, -0.2) is 4.98 Å². The zero-order valence-electron chi connectivity index (χ0n) is 13.1. The fourth-order valence-corrected chi connectivity index (χ4v) is 3.22. The van der Waals surface area contributed by atoms with Crippen LogP contribution in [0.1, 0.15) is 28.2 Å². The van der Waals surface area contributed by atoms with Gasteiger partial charge in [-0.05, 0) is 31.4 Å². The van der Waals surface area contributed by atoms with Gasteiger partial charge in [0.05, 0.1) is 17.4 Å². The van der Waals surface area contributed by atoms with Crippen LogP contribution in [0, 0.1) is 0 Å². The van der Waals surface area contributed by atoms with Crippen LogP contribution in [0.3, 0.4) is 0 Å². The summed E-state index contributed by atoms with van der Waals surface area (Å²) in [7, 11) is 1.83. The summed E-state index contributed by atoms with van der Waals surface area (Å²) < 4.78 is 2.08. The molecule has 1 aliphatic rings. The number of carbonyl (C=O) groups excluding carboxylic acids is 1. The van der Waals surface area contributed by atoms with Crippen LogP contribution in [-0.2, 0) is 19.4 Å². The second kappa shape index (κ2) is 5.53. The van der Waals surface area contributed by atoms with Crippen LogP contribution in [0.25, 0.3) is 11.0 Å². The number of aromatic nitrogens is 4. The van der Waals surface area contributed by atoms with Crippen molar-refractivity contribution in [2.45, 2.75) is 25.8 Å². The maximum Gasteiger partial charge on any atom is 0.274 e. The summed E-state index contributed by atoms with van der Waals surface area (Å²) in [5.74, 6) is -0.00572. The Hall–Kier alpha value is -2.63. The Morgan fingerprint density at radius 3 is 3.13 bits per heavy atom. The Bertz CT molecular complexity index is 863. The van der Waals surface area contributed by atoms with Gasteiger partial charge in [0.15, 0.2) is 5.69 Å². The molecule has 6 heteroatoms. The van der Waals surface area contributed by atoms with Gasteiger partial charge in [0.25, 0.3) is 5.91 Å². The van der Waals surface area contributed by atoms with Crippen LogP contribution in [0.5, 0.6) is 0 Å². The average Bonchev–Trinajstić information content (AvgIpc) is 3.27. The Labute approximate surface area is 134 Å². The summed E-state index contributed by atoms with van der Waals surface area (Å²) in [6.45, 7) is 1.34. The molecule has 6 nitrogen and oxygen atoms in total. The summed E-state index contributed by atoms with van der Waals surface area (Å²) in [6.07, 6.45) is 4.89. The maximum absolute atomic E-state index is 12.6. The lowest BCUT2D eigenvalue weighted by Crippen LogP contribution is -2.30. The molecule has 0 radical (unpaired) electrons. The van der Waals surface area contributed by atoms with E-state index >= 15 is 0 Å². The predicted molar refractivity (Wildman–Crippen MR) is 87.3 cm³/mol. The minimum Gasteiger partial charge on any atom is -0.339 e. The lowest BCUT2D eigenvalue weighted by atomic mass is 10.2. The first-order valence-corrected chi connectivity index (χ1v) is 7.95. The van der Waals surface area contributed by atoms with Crippen molar-refractivity contribution in [3.8, 4) is 0 Å². The highest BCUT2D eigenvalue weighted by molar-refractivity contribution is 5.94. The van der Waals surface area contributed by atoms with Crippen molar-refractivity contribution >= 4 is 16.9 Å². The van der Waals surface area contributed by atoms with Crippen molar-refractivity contribution in [2.75, 3.05) is 13.6 Å². The molecule has 0 spiro atoms. The molecule has 2 heterocycles. The van der Waals surface area contributed by atoms with Crippen LogP contribution in [-0.4, -0.2) is 44.1 Å². The molecule has 0 aliphatic heterocycles. The first kappa shape index (κ1) is 14.0. The first-order chi connectivity index (χ1) is 11.2. The largest absolute Gasteiger partial charge is 0.339 e. The molecule has 0 saturated heterocycles. The molecule has 0 atom stereocenters. The number of H-pyrrole nitrogens is 1. The van der Waals surface area contributed by atoms with Gasteiger partial charge in [0.1, 0.15) is 0 Å². The van der Waals surface area contributed by atoms with Crippen LogP contribution >= 0.6 is 0 Å². The summed E-state index contributed by atoms with van der Waals surface area (Å²) >= 11 is 0. The van der Waals surface area contributed by atoms with Gasteiger partial charge < -0.3 is 9.47 Å². The van der Waals surface area contributed by atoms with Crippen molar-refractivity contribution in [1.82, 2.24) is 24.6 Å². The first-order valence-electron chi connectivity index (χ1n) is 7.95. The quantitative estimate of drug-likeness (QED) is 0.802. The predicted octanol–water partition coefficient (Wildman–Crippen LogP) is 2.02. The van der Waals surface area contributed by atoms with Gasteiger partial charge in [-0.15, -0.1) is 0 Å². The number of hydrogen-bond donors (Lipinski definition) is 1. The van der Waals surface area contributed by atoms with E-state index in [-0.39, 0.29) is 5.91 Å². The van der Waals surface area contributed by atoms with E-state index in [4.69, 9.17) is 0 Å². The van der Waals surface area contributed by atoms with Crippen molar-refractivity contribution in [2.24, 2.45) is 0 Å². The van der Waals surface area contributed by atoms with E-state index in [0.717, 1.165) is 48.1 Å². The van der Waals surface area contributed by atoms with Crippen LogP contribution < -0.4 is 0 Å². The van der Waals surface area contributed by atoms with E-state index in [1.54, 1.807) is 4.90 Å². The number of rotatable bonds is 4. The molecule has 1 N–H and O–H groups in total. The minimum atomic E-state index is -0.00572. The van der Waals surface area contributed by atoms with Crippen LogP contribution in [0.4, 0.5) is 0 Å². The van der Waals surface area contributed by atoms with Gasteiger partial charge in [0.2, 0.25) is 0 Å². The molecule has 118 valence electrons.